The molecule has 18 heavy (non-hydrogen) atoms. The summed E-state index contributed by atoms with van der Waals surface area (Å²) in [6, 6.07) is 0.463. The van der Waals surface area contributed by atoms with Crippen LogP contribution in [0.2, 0.25) is 0 Å². The molecule has 1 aromatic rings. The van der Waals surface area contributed by atoms with Gasteiger partial charge in [0.15, 0.2) is 4.34 Å². The average molecular weight is 287 g/mol. The average Bonchev–Trinajstić information content (AvgIpc) is 2.83. The molecule has 1 unspecified atom stereocenters. The number of carboxylic acid groups (broad SMARTS) is 1. The van der Waals surface area contributed by atoms with Crippen molar-refractivity contribution in [1.82, 2.24) is 10.2 Å². The minimum atomic E-state index is -0.831. The quantitative estimate of drug-likeness (QED) is 0.811. The number of rotatable bonds is 5. The fourth-order valence-corrected chi connectivity index (χ4v) is 3.73. The van der Waals surface area contributed by atoms with Crippen molar-refractivity contribution in [3.05, 3.63) is 0 Å². The number of hydrogen-bond donors (Lipinski definition) is 2. The lowest BCUT2D eigenvalue weighted by atomic mass is 9.92. The number of anilines is 1. The van der Waals surface area contributed by atoms with Crippen molar-refractivity contribution in [2.75, 3.05) is 11.1 Å². The Kier molecular flexibility index (Phi) is 4.11. The molecule has 7 heteroatoms. The van der Waals surface area contributed by atoms with Crippen molar-refractivity contribution >= 4 is 34.2 Å². The Hall–Kier alpha value is -0.820. The van der Waals surface area contributed by atoms with Crippen molar-refractivity contribution in [1.29, 1.82) is 0 Å². The van der Waals surface area contributed by atoms with E-state index in [4.69, 9.17) is 5.11 Å². The van der Waals surface area contributed by atoms with Gasteiger partial charge in [0.05, 0.1) is 5.75 Å². The van der Waals surface area contributed by atoms with Crippen LogP contribution in [0, 0.1) is 5.41 Å². The Balaban J connectivity index is 1.85. The van der Waals surface area contributed by atoms with Crippen molar-refractivity contribution < 1.29 is 9.90 Å². The maximum Gasteiger partial charge on any atom is 0.313 e. The van der Waals surface area contributed by atoms with Crippen LogP contribution in [0.3, 0.4) is 0 Å². The zero-order chi connectivity index (χ0) is 13.2. The van der Waals surface area contributed by atoms with Crippen LogP contribution in [-0.2, 0) is 4.79 Å². The molecule has 5 nitrogen and oxygen atoms in total. The Labute approximate surface area is 114 Å². The van der Waals surface area contributed by atoms with Crippen LogP contribution in [0.25, 0.3) is 0 Å². The summed E-state index contributed by atoms with van der Waals surface area (Å²) in [5, 5.41) is 20.8. The molecule has 1 aliphatic carbocycles. The predicted octanol–water partition coefficient (Wildman–Crippen LogP) is 2.71. The Morgan fingerprint density at radius 1 is 1.61 bits per heavy atom. The molecule has 0 bridgehead atoms. The van der Waals surface area contributed by atoms with Gasteiger partial charge in [0.25, 0.3) is 0 Å². The molecule has 2 N–H and O–H groups in total. The normalized spacial score (nSPS) is 22.0. The van der Waals surface area contributed by atoms with E-state index in [2.05, 4.69) is 29.4 Å². The molecule has 2 rings (SSSR count). The van der Waals surface area contributed by atoms with Gasteiger partial charge in [-0.05, 0) is 24.7 Å². The van der Waals surface area contributed by atoms with E-state index < -0.39 is 5.97 Å². The van der Waals surface area contributed by atoms with Crippen LogP contribution in [0.5, 0.6) is 0 Å². The van der Waals surface area contributed by atoms with Gasteiger partial charge in [0, 0.05) is 6.04 Å². The first kappa shape index (κ1) is 13.6. The molecular formula is C11H17N3O2S2. The number of nitrogens with zero attached hydrogens (tertiary/aromatic N) is 2. The molecule has 1 aliphatic rings. The summed E-state index contributed by atoms with van der Waals surface area (Å²) in [4.78, 5) is 10.4. The monoisotopic (exact) mass is 287 g/mol. The highest BCUT2D eigenvalue weighted by atomic mass is 32.2. The minimum absolute atomic E-state index is 0.0328. The molecule has 100 valence electrons. The maximum atomic E-state index is 10.4. The van der Waals surface area contributed by atoms with Crippen molar-refractivity contribution in [2.45, 2.75) is 43.5 Å². The number of carboxylic acids is 1. The van der Waals surface area contributed by atoms with E-state index in [0.29, 0.717) is 15.8 Å². The first-order chi connectivity index (χ1) is 8.44. The van der Waals surface area contributed by atoms with Gasteiger partial charge >= 0.3 is 5.97 Å². The third-order valence-corrected chi connectivity index (χ3v) is 4.99. The topological polar surface area (TPSA) is 75.1 Å². The molecule has 1 saturated carbocycles. The van der Waals surface area contributed by atoms with Crippen LogP contribution in [0.4, 0.5) is 5.13 Å². The standard InChI is InChI=1S/C11H17N3O2S2/c1-11(2)4-3-7(5-11)12-9-13-14-10(18-9)17-6-8(15)16/h7H,3-6H2,1-2H3,(H,12,13)(H,15,16). The summed E-state index contributed by atoms with van der Waals surface area (Å²) in [7, 11) is 0. The van der Waals surface area contributed by atoms with Gasteiger partial charge in [-0.3, -0.25) is 4.79 Å². The van der Waals surface area contributed by atoms with Crippen LogP contribution in [-0.4, -0.2) is 33.1 Å². The van der Waals surface area contributed by atoms with Crippen LogP contribution < -0.4 is 5.32 Å². The van der Waals surface area contributed by atoms with E-state index >= 15 is 0 Å². The van der Waals surface area contributed by atoms with E-state index in [9.17, 15) is 4.79 Å². The van der Waals surface area contributed by atoms with E-state index in [1.807, 2.05) is 0 Å². The highest BCUT2D eigenvalue weighted by molar-refractivity contribution is 8.01. The van der Waals surface area contributed by atoms with E-state index in [1.165, 1.54) is 29.5 Å². The van der Waals surface area contributed by atoms with Crippen LogP contribution >= 0.6 is 23.1 Å². The molecule has 0 aromatic carbocycles. The summed E-state index contributed by atoms with van der Waals surface area (Å²) >= 11 is 2.64. The number of aliphatic carboxylic acids is 1. The van der Waals surface area contributed by atoms with Crippen LogP contribution in [0.15, 0.2) is 4.34 Å². The Bertz CT molecular complexity index is 434. The van der Waals surface area contributed by atoms with Gasteiger partial charge in [-0.1, -0.05) is 36.9 Å². The van der Waals surface area contributed by atoms with Gasteiger partial charge in [0.1, 0.15) is 0 Å². The summed E-state index contributed by atoms with van der Waals surface area (Å²) in [6.45, 7) is 4.56. The molecule has 1 fully saturated rings. The molecule has 0 saturated heterocycles. The summed E-state index contributed by atoms with van der Waals surface area (Å²) in [6.07, 6.45) is 3.53. The number of nitrogens with one attached hydrogen (secondary N) is 1. The number of thioether (sulfide) groups is 1. The molecule has 1 aromatic heterocycles. The van der Waals surface area contributed by atoms with Gasteiger partial charge in [-0.15, -0.1) is 10.2 Å². The molecule has 1 heterocycles. The van der Waals surface area contributed by atoms with Crippen molar-refractivity contribution in [3.8, 4) is 0 Å². The summed E-state index contributed by atoms with van der Waals surface area (Å²) < 4.78 is 0.706. The largest absolute Gasteiger partial charge is 0.481 e. The van der Waals surface area contributed by atoms with Gasteiger partial charge in [-0.2, -0.15) is 0 Å². The third-order valence-electron chi connectivity index (χ3n) is 3.02. The third kappa shape index (κ3) is 3.84. The predicted molar refractivity (Wildman–Crippen MR) is 73.3 cm³/mol. The van der Waals surface area contributed by atoms with E-state index in [0.717, 1.165) is 18.0 Å². The van der Waals surface area contributed by atoms with Gasteiger partial charge < -0.3 is 10.4 Å². The lowest BCUT2D eigenvalue weighted by Crippen LogP contribution is -2.17. The molecule has 1 atom stereocenters. The second kappa shape index (κ2) is 5.44. The van der Waals surface area contributed by atoms with Gasteiger partial charge in [0.2, 0.25) is 5.13 Å². The Morgan fingerprint density at radius 3 is 3.00 bits per heavy atom. The fraction of sp³-hybridized carbons (Fsp3) is 0.727. The molecule has 0 aliphatic heterocycles. The highest BCUT2D eigenvalue weighted by Crippen LogP contribution is 2.38. The maximum absolute atomic E-state index is 10.4. The number of aromatic nitrogens is 2. The number of carbonyl (C=O) groups is 1. The summed E-state index contributed by atoms with van der Waals surface area (Å²) in [5.41, 5.74) is 0.406. The summed E-state index contributed by atoms with van der Waals surface area (Å²) in [5.74, 6) is -0.798. The molecule has 0 spiro atoms. The first-order valence-corrected chi connectivity index (χ1v) is 7.69. The second-order valence-electron chi connectivity index (χ2n) is 5.30. The first-order valence-electron chi connectivity index (χ1n) is 5.89. The lowest BCUT2D eigenvalue weighted by Gasteiger charge is -2.17. The second-order valence-corrected chi connectivity index (χ2v) is 7.50. The highest BCUT2D eigenvalue weighted by Gasteiger charge is 2.31. The van der Waals surface area contributed by atoms with Crippen molar-refractivity contribution in [2.24, 2.45) is 5.41 Å². The van der Waals surface area contributed by atoms with Crippen molar-refractivity contribution in [3.63, 3.8) is 0 Å². The van der Waals surface area contributed by atoms with E-state index in [-0.39, 0.29) is 5.75 Å². The van der Waals surface area contributed by atoms with Gasteiger partial charge in [-0.25, -0.2) is 0 Å². The molecular weight excluding hydrogens is 270 g/mol. The molecule has 0 amide bonds. The smallest absolute Gasteiger partial charge is 0.313 e. The molecule has 0 radical (unpaired) electrons. The Morgan fingerprint density at radius 2 is 2.39 bits per heavy atom. The lowest BCUT2D eigenvalue weighted by molar-refractivity contribution is -0.133. The fourth-order valence-electron chi connectivity index (χ4n) is 2.18. The zero-order valence-corrected chi connectivity index (χ0v) is 12.1. The number of hydrogen-bond acceptors (Lipinski definition) is 6. The minimum Gasteiger partial charge on any atom is -0.481 e. The zero-order valence-electron chi connectivity index (χ0n) is 10.5. The van der Waals surface area contributed by atoms with Crippen LogP contribution in [0.1, 0.15) is 33.1 Å². The SMILES string of the molecule is CC1(C)CCC(Nc2nnc(SCC(=O)O)s2)C1. The van der Waals surface area contributed by atoms with E-state index in [1.54, 1.807) is 0 Å².